The number of carboxylic acids is 1. The van der Waals surface area contributed by atoms with Crippen LogP contribution in [0.3, 0.4) is 0 Å². The average molecular weight is 242 g/mol. The molecule has 6 nitrogen and oxygen atoms in total. The fourth-order valence-electron chi connectivity index (χ4n) is 1.64. The molecule has 3 amide bonds. The third-order valence-electron chi connectivity index (χ3n) is 2.82. The number of amides is 3. The lowest BCUT2D eigenvalue weighted by atomic mass is 9.89. The molecule has 0 saturated carbocycles. The molecule has 1 fully saturated rings. The van der Waals surface area contributed by atoms with E-state index in [1.165, 1.54) is 13.8 Å². The van der Waals surface area contributed by atoms with Crippen LogP contribution in [0.4, 0.5) is 4.79 Å². The molecule has 1 aliphatic rings. The summed E-state index contributed by atoms with van der Waals surface area (Å²) >= 11 is 0. The maximum atomic E-state index is 11.6. The number of hydrogen-bond donors (Lipinski definition) is 2. The highest BCUT2D eigenvalue weighted by Crippen LogP contribution is 2.20. The SMILES string of the molecule is CC(C)(CC(=O)NC(=O)N1CCCC1)C(=O)O. The number of imide groups is 1. The van der Waals surface area contributed by atoms with Crippen LogP contribution >= 0.6 is 0 Å². The molecule has 0 spiro atoms. The minimum absolute atomic E-state index is 0.206. The highest BCUT2D eigenvalue weighted by molar-refractivity contribution is 5.96. The summed E-state index contributed by atoms with van der Waals surface area (Å²) in [4.78, 5) is 35.5. The fourth-order valence-corrected chi connectivity index (χ4v) is 1.64. The minimum atomic E-state index is -1.16. The van der Waals surface area contributed by atoms with E-state index in [1.54, 1.807) is 4.90 Å². The normalized spacial score (nSPS) is 15.8. The van der Waals surface area contributed by atoms with Crippen LogP contribution in [0.5, 0.6) is 0 Å². The van der Waals surface area contributed by atoms with Crippen molar-refractivity contribution in [3.63, 3.8) is 0 Å². The summed E-state index contributed by atoms with van der Waals surface area (Å²) in [7, 11) is 0. The van der Waals surface area contributed by atoms with Gasteiger partial charge in [0.1, 0.15) is 0 Å². The van der Waals surface area contributed by atoms with E-state index in [4.69, 9.17) is 5.11 Å². The number of carbonyl (C=O) groups excluding carboxylic acids is 2. The standard InChI is InChI=1S/C11H18N2O4/c1-11(2,9(15)16)7-8(14)12-10(17)13-5-3-4-6-13/h3-7H2,1-2H3,(H,15,16)(H,12,14,17). The zero-order valence-electron chi connectivity index (χ0n) is 10.2. The van der Waals surface area contributed by atoms with Gasteiger partial charge in [0.25, 0.3) is 0 Å². The van der Waals surface area contributed by atoms with E-state index in [1.807, 2.05) is 0 Å². The molecule has 0 aliphatic carbocycles. The number of rotatable bonds is 3. The second kappa shape index (κ2) is 5.16. The Bertz CT molecular complexity index is 332. The molecule has 2 N–H and O–H groups in total. The Kier molecular flexibility index (Phi) is 4.09. The summed E-state index contributed by atoms with van der Waals surface area (Å²) in [6.45, 7) is 4.22. The van der Waals surface area contributed by atoms with Crippen LogP contribution in [0, 0.1) is 5.41 Å². The van der Waals surface area contributed by atoms with Crippen LogP contribution in [0.2, 0.25) is 0 Å². The summed E-state index contributed by atoms with van der Waals surface area (Å²) in [5.41, 5.74) is -1.16. The Balaban J connectivity index is 2.44. The molecule has 0 atom stereocenters. The van der Waals surface area contributed by atoms with Crippen LogP contribution in [0.1, 0.15) is 33.1 Å². The van der Waals surface area contributed by atoms with E-state index in [0.29, 0.717) is 13.1 Å². The van der Waals surface area contributed by atoms with Gasteiger partial charge in [-0.3, -0.25) is 14.9 Å². The first kappa shape index (κ1) is 13.5. The van der Waals surface area contributed by atoms with Crippen molar-refractivity contribution >= 4 is 17.9 Å². The highest BCUT2D eigenvalue weighted by Gasteiger charge is 2.31. The van der Waals surface area contributed by atoms with Gasteiger partial charge in [0.05, 0.1) is 5.41 Å². The lowest BCUT2D eigenvalue weighted by Gasteiger charge is -2.20. The third kappa shape index (κ3) is 3.72. The van der Waals surface area contributed by atoms with E-state index >= 15 is 0 Å². The first-order valence-corrected chi connectivity index (χ1v) is 5.65. The average Bonchev–Trinajstić information content (AvgIpc) is 2.68. The quantitative estimate of drug-likeness (QED) is 0.767. The van der Waals surface area contributed by atoms with E-state index < -0.39 is 23.3 Å². The molecule has 0 radical (unpaired) electrons. The Morgan fingerprint density at radius 2 is 1.76 bits per heavy atom. The first-order valence-electron chi connectivity index (χ1n) is 5.65. The maximum absolute atomic E-state index is 11.6. The van der Waals surface area contributed by atoms with Gasteiger partial charge in [0.15, 0.2) is 0 Å². The highest BCUT2D eigenvalue weighted by atomic mass is 16.4. The molecule has 17 heavy (non-hydrogen) atoms. The number of carboxylic acid groups (broad SMARTS) is 1. The van der Waals surface area contributed by atoms with Crippen LogP contribution in [-0.4, -0.2) is 41.0 Å². The van der Waals surface area contributed by atoms with E-state index in [-0.39, 0.29) is 6.42 Å². The number of hydrogen-bond acceptors (Lipinski definition) is 3. The topological polar surface area (TPSA) is 86.7 Å². The van der Waals surface area contributed by atoms with Gasteiger partial charge >= 0.3 is 12.0 Å². The van der Waals surface area contributed by atoms with Crippen molar-refractivity contribution in [3.8, 4) is 0 Å². The lowest BCUT2D eigenvalue weighted by molar-refractivity contribution is -0.149. The number of nitrogens with zero attached hydrogens (tertiary/aromatic N) is 1. The van der Waals surface area contributed by atoms with Gasteiger partial charge in [-0.05, 0) is 26.7 Å². The van der Waals surface area contributed by atoms with Gasteiger partial charge in [0, 0.05) is 19.5 Å². The maximum Gasteiger partial charge on any atom is 0.324 e. The molecule has 1 rings (SSSR count). The Morgan fingerprint density at radius 1 is 1.24 bits per heavy atom. The van der Waals surface area contributed by atoms with Gasteiger partial charge in [-0.1, -0.05) is 0 Å². The van der Waals surface area contributed by atoms with Gasteiger partial charge < -0.3 is 10.0 Å². The number of carbonyl (C=O) groups is 3. The van der Waals surface area contributed by atoms with E-state index in [9.17, 15) is 14.4 Å². The number of nitrogens with one attached hydrogen (secondary N) is 1. The Labute approximate surface area is 100.0 Å². The van der Waals surface area contributed by atoms with Crippen molar-refractivity contribution < 1.29 is 19.5 Å². The van der Waals surface area contributed by atoms with Crippen LogP contribution in [-0.2, 0) is 9.59 Å². The second-order valence-corrected chi connectivity index (χ2v) is 4.91. The monoisotopic (exact) mass is 242 g/mol. The van der Waals surface area contributed by atoms with Crippen LogP contribution < -0.4 is 5.32 Å². The molecule has 1 saturated heterocycles. The molecule has 1 aliphatic heterocycles. The largest absolute Gasteiger partial charge is 0.481 e. The van der Waals surface area contributed by atoms with Gasteiger partial charge in [0.2, 0.25) is 5.91 Å². The fraction of sp³-hybridized carbons (Fsp3) is 0.727. The summed E-state index contributed by atoms with van der Waals surface area (Å²) < 4.78 is 0. The molecular weight excluding hydrogens is 224 g/mol. The lowest BCUT2D eigenvalue weighted by Crippen LogP contribution is -2.43. The molecule has 6 heteroatoms. The molecule has 1 heterocycles. The van der Waals surface area contributed by atoms with Crippen molar-refractivity contribution in [2.45, 2.75) is 33.1 Å². The smallest absolute Gasteiger partial charge is 0.324 e. The number of urea groups is 1. The van der Waals surface area contributed by atoms with Crippen molar-refractivity contribution in [1.82, 2.24) is 10.2 Å². The summed E-state index contributed by atoms with van der Waals surface area (Å²) in [6.07, 6.45) is 1.69. The molecule has 0 aromatic heterocycles. The van der Waals surface area contributed by atoms with Crippen molar-refractivity contribution in [3.05, 3.63) is 0 Å². The minimum Gasteiger partial charge on any atom is -0.481 e. The molecule has 96 valence electrons. The zero-order chi connectivity index (χ0) is 13.1. The molecule has 0 bridgehead atoms. The first-order chi connectivity index (χ1) is 7.83. The van der Waals surface area contributed by atoms with Crippen LogP contribution in [0.15, 0.2) is 0 Å². The van der Waals surface area contributed by atoms with Crippen molar-refractivity contribution in [2.75, 3.05) is 13.1 Å². The second-order valence-electron chi connectivity index (χ2n) is 4.91. The van der Waals surface area contributed by atoms with Gasteiger partial charge in [-0.25, -0.2) is 4.79 Å². The number of aliphatic carboxylic acids is 1. The third-order valence-corrected chi connectivity index (χ3v) is 2.82. The molecule has 0 aromatic carbocycles. The Hall–Kier alpha value is -1.59. The Morgan fingerprint density at radius 3 is 2.24 bits per heavy atom. The summed E-state index contributed by atoms with van der Waals surface area (Å²) in [5, 5.41) is 11.1. The molecular formula is C11H18N2O4. The predicted molar refractivity (Wildman–Crippen MR) is 60.4 cm³/mol. The molecule has 0 unspecified atom stereocenters. The zero-order valence-corrected chi connectivity index (χ0v) is 10.2. The van der Waals surface area contributed by atoms with Crippen molar-refractivity contribution in [1.29, 1.82) is 0 Å². The van der Waals surface area contributed by atoms with Gasteiger partial charge in [-0.15, -0.1) is 0 Å². The summed E-state index contributed by atoms with van der Waals surface area (Å²) in [5.74, 6) is -1.60. The summed E-state index contributed by atoms with van der Waals surface area (Å²) in [6, 6.07) is -0.423. The van der Waals surface area contributed by atoms with Crippen LogP contribution in [0.25, 0.3) is 0 Å². The van der Waals surface area contributed by atoms with Crippen molar-refractivity contribution in [2.24, 2.45) is 5.41 Å². The van der Waals surface area contributed by atoms with E-state index in [0.717, 1.165) is 12.8 Å². The van der Waals surface area contributed by atoms with E-state index in [2.05, 4.69) is 5.32 Å². The predicted octanol–water partition coefficient (Wildman–Crippen LogP) is 0.819. The number of likely N-dealkylation sites (tertiary alicyclic amines) is 1. The van der Waals surface area contributed by atoms with Gasteiger partial charge in [-0.2, -0.15) is 0 Å². The molecule has 0 aromatic rings.